The Hall–Kier alpha value is -2.68. The van der Waals surface area contributed by atoms with E-state index < -0.39 is 29.7 Å². The van der Waals surface area contributed by atoms with Crippen LogP contribution >= 0.6 is 12.6 Å². The minimum atomic E-state index is -1.03. The molecule has 2 atom stereocenters. The van der Waals surface area contributed by atoms with Crippen molar-refractivity contribution in [2.24, 2.45) is 0 Å². The highest BCUT2D eigenvalue weighted by Crippen LogP contribution is 2.27. The van der Waals surface area contributed by atoms with Gasteiger partial charge in [-0.25, -0.2) is 4.79 Å². The molecular weight excluding hydrogens is 454 g/mol. The van der Waals surface area contributed by atoms with Crippen LogP contribution in [0.25, 0.3) is 0 Å². The molecule has 0 radical (unpaired) electrons. The molecule has 3 N–H and O–H groups in total. The highest BCUT2D eigenvalue weighted by molar-refractivity contribution is 7.80. The zero-order valence-electron chi connectivity index (χ0n) is 20.3. The molecule has 34 heavy (non-hydrogen) atoms. The van der Waals surface area contributed by atoms with Crippen LogP contribution in [0.15, 0.2) is 36.9 Å². The molecule has 3 amide bonds. The maximum absolute atomic E-state index is 13.6. The van der Waals surface area contributed by atoms with Gasteiger partial charge in [0, 0.05) is 18.3 Å². The summed E-state index contributed by atoms with van der Waals surface area (Å²) < 4.78 is 5.28. The van der Waals surface area contributed by atoms with E-state index in [1.807, 2.05) is 0 Å². The van der Waals surface area contributed by atoms with Crippen LogP contribution in [-0.2, 0) is 14.3 Å². The van der Waals surface area contributed by atoms with Crippen molar-refractivity contribution >= 4 is 30.5 Å². The summed E-state index contributed by atoms with van der Waals surface area (Å²) in [5, 5.41) is 15.7. The fourth-order valence-electron chi connectivity index (χ4n) is 3.99. The first kappa shape index (κ1) is 27.6. The summed E-state index contributed by atoms with van der Waals surface area (Å²) in [5.41, 5.74) is -0.280. The Morgan fingerprint density at radius 2 is 1.94 bits per heavy atom. The van der Waals surface area contributed by atoms with Gasteiger partial charge in [-0.15, -0.1) is 6.58 Å². The van der Waals surface area contributed by atoms with Crippen molar-refractivity contribution in [2.45, 2.75) is 76.6 Å². The standard InChI is InChI=1S/C25H37N3O5S/c1-5-14-28(23(31)20(16-34)27-24(32)33-25(2,3)4)21(17-10-9-13-19(29)15-17)22(30)26-18-11-7-6-8-12-18/h5,9-10,13,15,18,20-21,29,34H,1,6-8,11-12,14,16H2,2-4H3,(H,26,30)(H,27,32). The summed E-state index contributed by atoms with van der Waals surface area (Å²) in [6.07, 6.45) is 5.75. The molecule has 9 heteroatoms. The SMILES string of the molecule is C=CCN(C(=O)C(CS)NC(=O)OC(C)(C)C)C(C(=O)NC1CCCCC1)c1cccc(O)c1. The van der Waals surface area contributed by atoms with Crippen LogP contribution in [0.2, 0.25) is 0 Å². The van der Waals surface area contributed by atoms with Gasteiger partial charge in [0.1, 0.15) is 23.4 Å². The van der Waals surface area contributed by atoms with Crippen molar-refractivity contribution in [3.63, 3.8) is 0 Å². The minimum absolute atomic E-state index is 0.00270. The Kier molecular flexibility index (Phi) is 10.3. The minimum Gasteiger partial charge on any atom is -0.508 e. The van der Waals surface area contributed by atoms with Crippen molar-refractivity contribution < 1.29 is 24.2 Å². The number of rotatable bonds is 9. The van der Waals surface area contributed by atoms with Crippen molar-refractivity contribution in [3.05, 3.63) is 42.5 Å². The molecule has 188 valence electrons. The van der Waals surface area contributed by atoms with Gasteiger partial charge in [0.2, 0.25) is 11.8 Å². The summed E-state index contributed by atoms with van der Waals surface area (Å²) in [7, 11) is 0. The largest absolute Gasteiger partial charge is 0.508 e. The number of nitrogens with one attached hydrogen (secondary N) is 2. The number of ether oxygens (including phenoxy) is 1. The summed E-state index contributed by atoms with van der Waals surface area (Å²) in [6, 6.07) is 4.25. The van der Waals surface area contributed by atoms with Crippen LogP contribution in [0, 0.1) is 0 Å². The van der Waals surface area contributed by atoms with Gasteiger partial charge in [-0.05, 0) is 51.3 Å². The summed E-state index contributed by atoms with van der Waals surface area (Å²) in [6.45, 7) is 8.96. The molecule has 2 rings (SSSR count). The molecule has 1 aromatic carbocycles. The van der Waals surface area contributed by atoms with Crippen LogP contribution in [0.4, 0.5) is 4.79 Å². The number of amides is 3. The summed E-state index contributed by atoms with van der Waals surface area (Å²) >= 11 is 4.25. The van der Waals surface area contributed by atoms with E-state index in [2.05, 4.69) is 29.8 Å². The lowest BCUT2D eigenvalue weighted by atomic mass is 9.94. The first-order chi connectivity index (χ1) is 16.1. The molecule has 0 heterocycles. The normalized spacial score (nSPS) is 16.1. The number of aromatic hydroxyl groups is 1. The number of carbonyl (C=O) groups excluding carboxylic acids is 3. The lowest BCUT2D eigenvalue weighted by Crippen LogP contribution is -2.54. The van der Waals surface area contributed by atoms with Crippen LogP contribution in [0.1, 0.15) is 64.5 Å². The van der Waals surface area contributed by atoms with E-state index in [4.69, 9.17) is 4.74 Å². The molecule has 1 saturated carbocycles. The van der Waals surface area contributed by atoms with E-state index in [1.165, 1.54) is 23.1 Å². The summed E-state index contributed by atoms with van der Waals surface area (Å²) in [4.78, 5) is 40.8. The maximum atomic E-state index is 13.6. The monoisotopic (exact) mass is 491 g/mol. The van der Waals surface area contributed by atoms with Gasteiger partial charge in [-0.1, -0.05) is 37.5 Å². The van der Waals surface area contributed by atoms with Crippen LogP contribution in [-0.4, -0.2) is 57.9 Å². The van der Waals surface area contributed by atoms with E-state index in [0.29, 0.717) is 5.56 Å². The molecular formula is C25H37N3O5S. The van der Waals surface area contributed by atoms with Crippen LogP contribution < -0.4 is 10.6 Å². The molecule has 0 aromatic heterocycles. The molecule has 1 aliphatic rings. The Morgan fingerprint density at radius 1 is 1.26 bits per heavy atom. The van der Waals surface area contributed by atoms with Gasteiger partial charge >= 0.3 is 6.09 Å². The molecule has 0 bridgehead atoms. The van der Waals surface area contributed by atoms with Gasteiger partial charge in [0.05, 0.1) is 0 Å². The first-order valence-corrected chi connectivity index (χ1v) is 12.3. The highest BCUT2D eigenvalue weighted by Gasteiger charge is 2.36. The van der Waals surface area contributed by atoms with Crippen LogP contribution in [0.3, 0.4) is 0 Å². The second-order valence-corrected chi connectivity index (χ2v) is 9.87. The zero-order valence-corrected chi connectivity index (χ0v) is 21.1. The average molecular weight is 492 g/mol. The van der Waals surface area contributed by atoms with E-state index in [-0.39, 0.29) is 30.0 Å². The third kappa shape index (κ3) is 8.27. The number of carbonyl (C=O) groups is 3. The number of hydrogen-bond acceptors (Lipinski definition) is 6. The van der Waals surface area contributed by atoms with Crippen molar-refractivity contribution in [2.75, 3.05) is 12.3 Å². The Labute approximate surface area is 207 Å². The zero-order chi connectivity index (χ0) is 25.3. The third-order valence-electron chi connectivity index (χ3n) is 5.48. The van der Waals surface area contributed by atoms with Gasteiger partial charge in [-0.2, -0.15) is 12.6 Å². The van der Waals surface area contributed by atoms with Crippen LogP contribution in [0.5, 0.6) is 5.75 Å². The van der Waals surface area contributed by atoms with Gasteiger partial charge in [0.25, 0.3) is 0 Å². The molecule has 1 aromatic rings. The van der Waals surface area contributed by atoms with Gasteiger partial charge < -0.3 is 25.4 Å². The molecule has 1 fully saturated rings. The molecule has 1 aliphatic carbocycles. The predicted octanol–water partition coefficient (Wildman–Crippen LogP) is 3.72. The molecule has 2 unspecified atom stereocenters. The fourth-order valence-corrected chi connectivity index (χ4v) is 4.24. The lowest BCUT2D eigenvalue weighted by molar-refractivity contribution is -0.141. The average Bonchev–Trinajstić information content (AvgIpc) is 2.76. The van der Waals surface area contributed by atoms with Crippen molar-refractivity contribution in [3.8, 4) is 5.75 Å². The highest BCUT2D eigenvalue weighted by atomic mass is 32.1. The number of thiol groups is 1. The molecule has 0 aliphatic heterocycles. The fraction of sp³-hybridized carbons (Fsp3) is 0.560. The van der Waals surface area contributed by atoms with Gasteiger partial charge in [-0.3, -0.25) is 9.59 Å². The van der Waals surface area contributed by atoms with E-state index in [1.54, 1.807) is 32.9 Å². The summed E-state index contributed by atoms with van der Waals surface area (Å²) in [5.74, 6) is -0.865. The molecule has 0 spiro atoms. The first-order valence-electron chi connectivity index (χ1n) is 11.7. The number of benzene rings is 1. The number of hydrogen-bond donors (Lipinski definition) is 4. The second kappa shape index (κ2) is 12.7. The Balaban J connectivity index is 2.35. The van der Waals surface area contributed by atoms with E-state index >= 15 is 0 Å². The smallest absolute Gasteiger partial charge is 0.408 e. The third-order valence-corrected chi connectivity index (χ3v) is 5.84. The molecule has 0 saturated heterocycles. The topological polar surface area (TPSA) is 108 Å². The maximum Gasteiger partial charge on any atom is 0.408 e. The van der Waals surface area contributed by atoms with Crippen molar-refractivity contribution in [1.29, 1.82) is 0 Å². The number of phenolic OH excluding ortho intramolecular Hbond substituents is 1. The van der Waals surface area contributed by atoms with Crippen molar-refractivity contribution in [1.82, 2.24) is 15.5 Å². The van der Waals surface area contributed by atoms with E-state index in [0.717, 1.165) is 32.1 Å². The number of nitrogens with zero attached hydrogens (tertiary/aromatic N) is 1. The Bertz CT molecular complexity index is 864. The number of alkyl carbamates (subject to hydrolysis) is 1. The quantitative estimate of drug-likeness (QED) is 0.311. The van der Waals surface area contributed by atoms with Gasteiger partial charge in [0.15, 0.2) is 0 Å². The predicted molar refractivity (Wildman–Crippen MR) is 135 cm³/mol. The second-order valence-electron chi connectivity index (χ2n) is 9.50. The Morgan fingerprint density at radius 3 is 2.50 bits per heavy atom. The van der Waals surface area contributed by atoms with E-state index in [9.17, 15) is 19.5 Å². The lowest BCUT2D eigenvalue weighted by Gasteiger charge is -2.35. The number of phenols is 1. The molecule has 8 nitrogen and oxygen atoms in total.